The Morgan fingerprint density at radius 1 is 0.941 bits per heavy atom. The SMILES string of the molecule is COc1ccc(C(OC[C@H]2O[C@@H](n3cc(/C=C/C(=O)NCCCCCCN)c(=O)[nH]c3=O)C[C@H]2O)(c2ccccc2)c2ccc(OC)cc2)cc1. The standard InChI is InChI=1S/C39H46N4O8/c1-48-31-17-13-29(14-18-31)39(28-10-6-5-7-11-28,30-15-19-32(49-2)20-16-30)50-26-34-33(44)24-36(51-34)43-25-27(37(46)42-38(43)47)12-21-35(45)41-23-9-4-3-8-22-40/h5-7,10-21,25,33-34,36,44H,3-4,8-9,22-24,26,40H2,1-2H3,(H,41,45)(H,42,46,47)/b21-12+/t33-,34-,36-/m1/s1. The van der Waals surface area contributed by atoms with Crippen molar-refractivity contribution in [3.63, 3.8) is 0 Å². The Morgan fingerprint density at radius 2 is 1.55 bits per heavy atom. The fourth-order valence-electron chi connectivity index (χ4n) is 6.21. The first-order valence-electron chi connectivity index (χ1n) is 17.1. The molecule has 0 radical (unpaired) electrons. The second-order valence-electron chi connectivity index (χ2n) is 12.3. The molecule has 2 heterocycles. The summed E-state index contributed by atoms with van der Waals surface area (Å²) in [7, 11) is 3.21. The number of nitrogens with two attached hydrogens (primary N) is 1. The average molecular weight is 699 g/mol. The number of aliphatic hydroxyl groups excluding tert-OH is 1. The van der Waals surface area contributed by atoms with E-state index >= 15 is 0 Å². The van der Waals surface area contributed by atoms with E-state index in [0.717, 1.165) is 42.4 Å². The third-order valence-corrected chi connectivity index (χ3v) is 8.99. The Balaban J connectivity index is 1.37. The predicted octanol–water partition coefficient (Wildman–Crippen LogP) is 3.86. The minimum Gasteiger partial charge on any atom is -0.497 e. The van der Waals surface area contributed by atoms with Crippen molar-refractivity contribution < 1.29 is 28.8 Å². The van der Waals surface area contributed by atoms with Gasteiger partial charge in [-0.3, -0.25) is 19.1 Å². The summed E-state index contributed by atoms with van der Waals surface area (Å²) in [5.41, 5.74) is 5.58. The van der Waals surface area contributed by atoms with Gasteiger partial charge in [-0.15, -0.1) is 0 Å². The van der Waals surface area contributed by atoms with Crippen LogP contribution in [0.15, 0.2) is 101 Å². The van der Waals surface area contributed by atoms with Crippen LogP contribution in [0, 0.1) is 0 Å². The number of unbranched alkanes of at least 4 members (excludes halogenated alkanes) is 3. The van der Waals surface area contributed by atoms with E-state index in [2.05, 4.69) is 10.3 Å². The van der Waals surface area contributed by atoms with E-state index in [1.807, 2.05) is 78.9 Å². The summed E-state index contributed by atoms with van der Waals surface area (Å²) in [6.07, 6.45) is 5.01. The van der Waals surface area contributed by atoms with Gasteiger partial charge in [0, 0.05) is 25.2 Å². The zero-order valence-electron chi connectivity index (χ0n) is 29.0. The molecular weight excluding hydrogens is 652 g/mol. The first kappa shape index (κ1) is 37.3. The zero-order valence-corrected chi connectivity index (χ0v) is 29.0. The van der Waals surface area contributed by atoms with E-state index in [-0.39, 0.29) is 24.5 Å². The third-order valence-electron chi connectivity index (χ3n) is 8.99. The number of H-pyrrole nitrogens is 1. The highest BCUT2D eigenvalue weighted by molar-refractivity contribution is 5.91. The molecule has 1 fully saturated rings. The molecule has 1 aromatic heterocycles. The van der Waals surface area contributed by atoms with Crippen LogP contribution in [0.5, 0.6) is 11.5 Å². The topological polar surface area (TPSA) is 167 Å². The molecule has 1 aliphatic rings. The van der Waals surface area contributed by atoms with Crippen molar-refractivity contribution in [3.8, 4) is 11.5 Å². The molecule has 1 saturated heterocycles. The number of nitrogens with zero attached hydrogens (tertiary/aromatic N) is 1. The van der Waals surface area contributed by atoms with Crippen LogP contribution in [0.4, 0.5) is 0 Å². The highest BCUT2D eigenvalue weighted by Crippen LogP contribution is 2.42. The maximum absolute atomic E-state index is 12.9. The smallest absolute Gasteiger partial charge is 0.330 e. The molecule has 0 bridgehead atoms. The molecule has 3 aromatic carbocycles. The minimum atomic E-state index is -1.14. The molecule has 1 aliphatic heterocycles. The number of methoxy groups -OCH3 is 2. The molecule has 3 atom stereocenters. The molecule has 270 valence electrons. The number of hydrogen-bond acceptors (Lipinski definition) is 9. The lowest BCUT2D eigenvalue weighted by Crippen LogP contribution is -2.38. The summed E-state index contributed by atoms with van der Waals surface area (Å²) in [4.78, 5) is 40.2. The number of rotatable bonds is 17. The van der Waals surface area contributed by atoms with E-state index in [1.165, 1.54) is 22.9 Å². The minimum absolute atomic E-state index is 0.0537. The maximum atomic E-state index is 12.9. The molecule has 0 spiro atoms. The monoisotopic (exact) mass is 698 g/mol. The van der Waals surface area contributed by atoms with Crippen LogP contribution < -0.4 is 31.8 Å². The van der Waals surface area contributed by atoms with Crippen LogP contribution in [0.1, 0.15) is 60.6 Å². The Morgan fingerprint density at radius 3 is 2.16 bits per heavy atom. The van der Waals surface area contributed by atoms with Gasteiger partial charge in [0.25, 0.3) is 5.56 Å². The number of hydrogen-bond donors (Lipinski definition) is 4. The van der Waals surface area contributed by atoms with Crippen molar-refractivity contribution in [1.82, 2.24) is 14.9 Å². The number of carbonyl (C=O) groups is 1. The number of benzene rings is 3. The van der Waals surface area contributed by atoms with Crippen LogP contribution in [-0.2, 0) is 19.9 Å². The summed E-state index contributed by atoms with van der Waals surface area (Å²) in [6, 6.07) is 24.9. The van der Waals surface area contributed by atoms with Crippen molar-refractivity contribution >= 4 is 12.0 Å². The van der Waals surface area contributed by atoms with Crippen molar-refractivity contribution in [2.24, 2.45) is 5.73 Å². The van der Waals surface area contributed by atoms with Gasteiger partial charge in [0.15, 0.2) is 0 Å². The second kappa shape index (κ2) is 17.8. The van der Waals surface area contributed by atoms with E-state index in [1.54, 1.807) is 14.2 Å². The molecule has 5 rings (SSSR count). The Labute approximate surface area is 296 Å². The Hall–Kier alpha value is -5.01. The number of carbonyl (C=O) groups excluding carboxylic acids is 1. The second-order valence-corrected chi connectivity index (χ2v) is 12.3. The van der Waals surface area contributed by atoms with Gasteiger partial charge in [0.1, 0.15) is 29.4 Å². The van der Waals surface area contributed by atoms with Crippen molar-refractivity contribution in [1.29, 1.82) is 0 Å². The third kappa shape index (κ3) is 9.02. The molecule has 51 heavy (non-hydrogen) atoms. The van der Waals surface area contributed by atoms with Crippen LogP contribution in [0.2, 0.25) is 0 Å². The maximum Gasteiger partial charge on any atom is 0.330 e. The number of ether oxygens (including phenoxy) is 4. The fraction of sp³-hybridized carbons (Fsp3) is 0.359. The highest BCUT2D eigenvalue weighted by Gasteiger charge is 2.42. The normalized spacial score (nSPS) is 17.5. The molecule has 0 unspecified atom stereocenters. The number of amides is 1. The van der Waals surface area contributed by atoms with Gasteiger partial charge in [-0.2, -0.15) is 0 Å². The van der Waals surface area contributed by atoms with E-state index in [4.69, 9.17) is 24.7 Å². The number of aromatic amines is 1. The van der Waals surface area contributed by atoms with E-state index < -0.39 is 35.3 Å². The van der Waals surface area contributed by atoms with Crippen LogP contribution in [0.25, 0.3) is 6.08 Å². The molecule has 12 nitrogen and oxygen atoms in total. The first-order chi connectivity index (χ1) is 24.8. The van der Waals surface area contributed by atoms with Gasteiger partial charge in [0.05, 0.1) is 32.5 Å². The Bertz CT molecular complexity index is 1810. The van der Waals surface area contributed by atoms with Crippen molar-refractivity contribution in [2.45, 2.75) is 56.1 Å². The van der Waals surface area contributed by atoms with Crippen LogP contribution in [-0.4, -0.2) is 66.7 Å². The summed E-state index contributed by atoms with van der Waals surface area (Å²) < 4.78 is 25.2. The van der Waals surface area contributed by atoms with E-state index in [9.17, 15) is 19.5 Å². The van der Waals surface area contributed by atoms with Gasteiger partial charge in [-0.25, -0.2) is 4.79 Å². The Kier molecular flexibility index (Phi) is 13.0. The lowest BCUT2D eigenvalue weighted by atomic mass is 9.80. The number of aromatic nitrogens is 2. The number of aliphatic hydroxyl groups is 1. The quantitative estimate of drug-likeness (QED) is 0.0728. The lowest BCUT2D eigenvalue weighted by molar-refractivity contribution is -0.116. The van der Waals surface area contributed by atoms with Gasteiger partial charge in [-0.05, 0) is 66.4 Å². The molecule has 5 N–H and O–H groups in total. The van der Waals surface area contributed by atoms with Gasteiger partial charge >= 0.3 is 5.69 Å². The zero-order chi connectivity index (χ0) is 36.2. The van der Waals surface area contributed by atoms with E-state index in [0.29, 0.717) is 24.6 Å². The van der Waals surface area contributed by atoms with Crippen molar-refractivity contribution in [2.75, 3.05) is 33.9 Å². The first-order valence-corrected chi connectivity index (χ1v) is 17.1. The average Bonchev–Trinajstić information content (AvgIpc) is 3.53. The van der Waals surface area contributed by atoms with Gasteiger partial charge in [-0.1, -0.05) is 67.4 Å². The van der Waals surface area contributed by atoms with Crippen LogP contribution in [0.3, 0.4) is 0 Å². The van der Waals surface area contributed by atoms with Crippen LogP contribution >= 0.6 is 0 Å². The lowest BCUT2D eigenvalue weighted by Gasteiger charge is -2.37. The predicted molar refractivity (Wildman–Crippen MR) is 194 cm³/mol. The molecule has 12 heteroatoms. The van der Waals surface area contributed by atoms with Crippen molar-refractivity contribution in [3.05, 3.63) is 134 Å². The molecule has 1 amide bonds. The highest BCUT2D eigenvalue weighted by atomic mass is 16.6. The molecule has 4 aromatic rings. The summed E-state index contributed by atoms with van der Waals surface area (Å²) in [5.74, 6) is 1.01. The number of nitrogens with one attached hydrogen (secondary N) is 2. The van der Waals surface area contributed by atoms with Gasteiger partial charge in [0.2, 0.25) is 5.91 Å². The largest absolute Gasteiger partial charge is 0.497 e. The molecular formula is C39H46N4O8. The fourth-order valence-corrected chi connectivity index (χ4v) is 6.21. The molecule has 0 saturated carbocycles. The molecule has 0 aliphatic carbocycles. The summed E-state index contributed by atoms with van der Waals surface area (Å²) in [5, 5.41) is 14.0. The summed E-state index contributed by atoms with van der Waals surface area (Å²) in [6.45, 7) is 1.10. The van der Waals surface area contributed by atoms with Gasteiger partial charge < -0.3 is 35.1 Å². The summed E-state index contributed by atoms with van der Waals surface area (Å²) >= 11 is 0.